The molecular weight excluding hydrogens is 244 g/mol. The average molecular weight is 270 g/mol. The van der Waals surface area contributed by atoms with Crippen LogP contribution in [0.4, 0.5) is 0 Å². The van der Waals surface area contributed by atoms with Gasteiger partial charge in [-0.1, -0.05) is 26.2 Å². The number of amides is 1. The van der Waals surface area contributed by atoms with E-state index in [4.69, 9.17) is 10.8 Å². The van der Waals surface area contributed by atoms with E-state index in [1.165, 1.54) is 6.42 Å². The molecule has 1 fully saturated rings. The van der Waals surface area contributed by atoms with E-state index in [0.29, 0.717) is 19.4 Å². The highest BCUT2D eigenvalue weighted by Crippen LogP contribution is 2.38. The van der Waals surface area contributed by atoms with Crippen LogP contribution in [0, 0.1) is 11.3 Å². The zero-order chi connectivity index (χ0) is 14.3. The lowest BCUT2D eigenvalue weighted by molar-refractivity contribution is -0.141. The molecule has 0 spiro atoms. The van der Waals surface area contributed by atoms with Crippen LogP contribution in [-0.2, 0) is 9.59 Å². The normalized spacial score (nSPS) is 19.7. The van der Waals surface area contributed by atoms with Gasteiger partial charge in [0, 0.05) is 13.0 Å². The second-order valence-corrected chi connectivity index (χ2v) is 5.69. The van der Waals surface area contributed by atoms with Gasteiger partial charge in [-0.15, -0.1) is 0 Å². The van der Waals surface area contributed by atoms with E-state index in [1.807, 2.05) is 6.92 Å². The minimum Gasteiger partial charge on any atom is -0.481 e. The van der Waals surface area contributed by atoms with E-state index < -0.39 is 11.9 Å². The molecule has 1 saturated carbocycles. The van der Waals surface area contributed by atoms with Crippen LogP contribution in [0.3, 0.4) is 0 Å². The molecule has 1 atom stereocenters. The van der Waals surface area contributed by atoms with Crippen LogP contribution in [0.25, 0.3) is 0 Å². The Morgan fingerprint density at radius 1 is 1.32 bits per heavy atom. The van der Waals surface area contributed by atoms with Gasteiger partial charge in [-0.2, -0.15) is 0 Å². The lowest BCUT2D eigenvalue weighted by atomic mass is 9.71. The summed E-state index contributed by atoms with van der Waals surface area (Å²) in [4.78, 5) is 22.8. The van der Waals surface area contributed by atoms with Gasteiger partial charge < -0.3 is 16.2 Å². The van der Waals surface area contributed by atoms with Gasteiger partial charge in [-0.05, 0) is 31.2 Å². The molecular formula is C14H26N2O3. The fourth-order valence-corrected chi connectivity index (χ4v) is 2.80. The molecule has 0 aliphatic heterocycles. The first-order valence-electron chi connectivity index (χ1n) is 7.22. The van der Waals surface area contributed by atoms with Gasteiger partial charge in [-0.3, -0.25) is 9.59 Å². The van der Waals surface area contributed by atoms with Crippen LogP contribution < -0.4 is 11.1 Å². The summed E-state index contributed by atoms with van der Waals surface area (Å²) in [7, 11) is 0. The van der Waals surface area contributed by atoms with Crippen molar-refractivity contribution in [3.05, 3.63) is 0 Å². The number of carboxylic acid groups (broad SMARTS) is 1. The Bertz CT molecular complexity index is 312. The van der Waals surface area contributed by atoms with Crippen molar-refractivity contribution in [1.29, 1.82) is 0 Å². The van der Waals surface area contributed by atoms with Crippen molar-refractivity contribution in [2.45, 2.75) is 51.9 Å². The van der Waals surface area contributed by atoms with E-state index in [-0.39, 0.29) is 17.9 Å². The number of nitrogens with two attached hydrogens (primary N) is 1. The molecule has 1 rings (SSSR count). The first-order valence-corrected chi connectivity index (χ1v) is 7.22. The third kappa shape index (κ3) is 4.82. The topological polar surface area (TPSA) is 92.4 Å². The van der Waals surface area contributed by atoms with E-state index in [9.17, 15) is 9.59 Å². The third-order valence-corrected chi connectivity index (χ3v) is 4.27. The minimum atomic E-state index is -0.853. The van der Waals surface area contributed by atoms with Crippen LogP contribution in [0.5, 0.6) is 0 Å². The van der Waals surface area contributed by atoms with Gasteiger partial charge in [0.1, 0.15) is 0 Å². The van der Waals surface area contributed by atoms with Crippen molar-refractivity contribution < 1.29 is 14.7 Å². The van der Waals surface area contributed by atoms with Crippen molar-refractivity contribution in [1.82, 2.24) is 5.32 Å². The summed E-state index contributed by atoms with van der Waals surface area (Å²) in [6.07, 6.45) is 6.46. The van der Waals surface area contributed by atoms with Gasteiger partial charge in [0.15, 0.2) is 0 Å². The number of carbonyl (C=O) groups is 2. The van der Waals surface area contributed by atoms with Crippen LogP contribution in [0.15, 0.2) is 0 Å². The standard InChI is InChI=1S/C14H26N2O3/c1-2-11(13(18)19)9-16-12(17)8-14(10-15)6-4-3-5-7-14/h11H,2-10,15H2,1H3,(H,16,17)(H,18,19). The van der Waals surface area contributed by atoms with Crippen LogP contribution in [-0.4, -0.2) is 30.1 Å². The first-order chi connectivity index (χ1) is 9.03. The molecule has 0 bridgehead atoms. The van der Waals surface area contributed by atoms with Crippen LogP contribution in [0.2, 0.25) is 0 Å². The van der Waals surface area contributed by atoms with Gasteiger partial charge >= 0.3 is 5.97 Å². The molecule has 0 aromatic rings. The molecule has 19 heavy (non-hydrogen) atoms. The molecule has 0 radical (unpaired) electrons. The Kier molecular flexibility index (Phi) is 6.28. The quantitative estimate of drug-likeness (QED) is 0.654. The fourth-order valence-electron chi connectivity index (χ4n) is 2.80. The molecule has 1 aliphatic rings. The molecule has 0 aromatic carbocycles. The number of hydrogen-bond donors (Lipinski definition) is 3. The highest BCUT2D eigenvalue weighted by atomic mass is 16.4. The van der Waals surface area contributed by atoms with Crippen molar-refractivity contribution >= 4 is 11.9 Å². The number of rotatable bonds is 7. The maximum atomic E-state index is 12.0. The number of hydrogen-bond acceptors (Lipinski definition) is 3. The molecule has 0 heterocycles. The van der Waals surface area contributed by atoms with E-state index in [1.54, 1.807) is 0 Å². The Morgan fingerprint density at radius 3 is 2.42 bits per heavy atom. The highest BCUT2D eigenvalue weighted by Gasteiger charge is 2.33. The highest BCUT2D eigenvalue weighted by molar-refractivity contribution is 5.78. The molecule has 1 unspecified atom stereocenters. The van der Waals surface area contributed by atoms with Crippen molar-refractivity contribution in [2.75, 3.05) is 13.1 Å². The second-order valence-electron chi connectivity index (χ2n) is 5.69. The first kappa shape index (κ1) is 16.0. The minimum absolute atomic E-state index is 0.0622. The zero-order valence-corrected chi connectivity index (χ0v) is 11.8. The summed E-state index contributed by atoms with van der Waals surface area (Å²) in [5, 5.41) is 11.7. The molecule has 1 aliphatic carbocycles. The maximum absolute atomic E-state index is 12.0. The molecule has 5 nitrogen and oxygen atoms in total. The summed E-state index contributed by atoms with van der Waals surface area (Å²) in [6, 6.07) is 0. The predicted molar refractivity (Wildman–Crippen MR) is 73.6 cm³/mol. The summed E-state index contributed by atoms with van der Waals surface area (Å²) >= 11 is 0. The van der Waals surface area contributed by atoms with Crippen molar-refractivity contribution in [2.24, 2.45) is 17.1 Å². The number of nitrogens with one attached hydrogen (secondary N) is 1. The Balaban J connectivity index is 2.43. The van der Waals surface area contributed by atoms with E-state index in [0.717, 1.165) is 25.7 Å². The summed E-state index contributed by atoms with van der Waals surface area (Å²) in [5.41, 5.74) is 5.78. The molecule has 0 aromatic heterocycles. The summed E-state index contributed by atoms with van der Waals surface area (Å²) in [5.74, 6) is -1.41. The van der Waals surface area contributed by atoms with Crippen LogP contribution >= 0.6 is 0 Å². The molecule has 5 heteroatoms. The summed E-state index contributed by atoms with van der Waals surface area (Å²) < 4.78 is 0. The van der Waals surface area contributed by atoms with Crippen molar-refractivity contribution in [3.63, 3.8) is 0 Å². The largest absolute Gasteiger partial charge is 0.481 e. The predicted octanol–water partition coefficient (Wildman–Crippen LogP) is 1.51. The average Bonchev–Trinajstić information content (AvgIpc) is 2.40. The van der Waals surface area contributed by atoms with Crippen molar-refractivity contribution in [3.8, 4) is 0 Å². The molecule has 0 saturated heterocycles. The lowest BCUT2D eigenvalue weighted by Crippen LogP contribution is -2.40. The fraction of sp³-hybridized carbons (Fsp3) is 0.857. The van der Waals surface area contributed by atoms with E-state index in [2.05, 4.69) is 5.32 Å². The van der Waals surface area contributed by atoms with E-state index >= 15 is 0 Å². The number of aliphatic carboxylic acids is 1. The Morgan fingerprint density at radius 2 is 1.95 bits per heavy atom. The maximum Gasteiger partial charge on any atom is 0.308 e. The second kappa shape index (κ2) is 7.48. The Hall–Kier alpha value is -1.10. The van der Waals surface area contributed by atoms with Crippen LogP contribution in [0.1, 0.15) is 51.9 Å². The SMILES string of the molecule is CCC(CNC(=O)CC1(CN)CCCCC1)C(=O)O. The van der Waals surface area contributed by atoms with Gasteiger partial charge in [0.2, 0.25) is 5.91 Å². The smallest absolute Gasteiger partial charge is 0.308 e. The molecule has 1 amide bonds. The summed E-state index contributed by atoms with van der Waals surface area (Å²) in [6.45, 7) is 2.56. The molecule has 4 N–H and O–H groups in total. The number of carboxylic acids is 1. The van der Waals surface area contributed by atoms with Gasteiger partial charge in [-0.25, -0.2) is 0 Å². The monoisotopic (exact) mass is 270 g/mol. The molecule has 110 valence electrons. The van der Waals surface area contributed by atoms with Gasteiger partial charge in [0.25, 0.3) is 0 Å². The lowest BCUT2D eigenvalue weighted by Gasteiger charge is -2.35. The Labute approximate surface area is 114 Å². The van der Waals surface area contributed by atoms with Gasteiger partial charge in [0.05, 0.1) is 5.92 Å². The number of carbonyl (C=O) groups excluding carboxylic acids is 1. The third-order valence-electron chi connectivity index (χ3n) is 4.27. The zero-order valence-electron chi connectivity index (χ0n) is 11.8.